The Labute approximate surface area is 238 Å². The molecule has 3 aromatic carbocycles. The number of para-hydroxylation sites is 1. The summed E-state index contributed by atoms with van der Waals surface area (Å²) in [6.45, 7) is 1.79. The number of amides is 1. The van der Waals surface area contributed by atoms with Gasteiger partial charge in [-0.25, -0.2) is 9.79 Å². The molecule has 1 aliphatic rings. The van der Waals surface area contributed by atoms with Gasteiger partial charge in [0.25, 0.3) is 11.5 Å². The van der Waals surface area contributed by atoms with Crippen molar-refractivity contribution < 1.29 is 9.53 Å². The van der Waals surface area contributed by atoms with Crippen LogP contribution in [0, 0.1) is 0 Å². The van der Waals surface area contributed by atoms with Crippen molar-refractivity contribution in [3.8, 4) is 5.75 Å². The summed E-state index contributed by atoms with van der Waals surface area (Å²) in [6, 6.07) is 21.5. The van der Waals surface area contributed by atoms with Crippen LogP contribution >= 0.6 is 11.3 Å². The Balaban J connectivity index is 1.52. The molecule has 0 saturated carbocycles. The Morgan fingerprint density at radius 3 is 2.49 bits per heavy atom. The number of methoxy groups -OCH3 is 1. The molecule has 3 heterocycles. The molecule has 41 heavy (non-hydrogen) atoms. The van der Waals surface area contributed by atoms with Crippen LogP contribution in [0.5, 0.6) is 5.75 Å². The van der Waals surface area contributed by atoms with E-state index < -0.39 is 6.04 Å². The first-order valence-corrected chi connectivity index (χ1v) is 13.8. The summed E-state index contributed by atoms with van der Waals surface area (Å²) >= 11 is 1.26. The van der Waals surface area contributed by atoms with Crippen molar-refractivity contribution in [2.24, 2.45) is 19.1 Å². The van der Waals surface area contributed by atoms with E-state index in [4.69, 9.17) is 9.73 Å². The lowest BCUT2D eigenvalue weighted by molar-refractivity contribution is -0.113. The van der Waals surface area contributed by atoms with E-state index in [1.807, 2.05) is 72.8 Å². The number of aryl methyl sites for hydroxylation is 2. The van der Waals surface area contributed by atoms with Gasteiger partial charge >= 0.3 is 5.69 Å². The molecule has 0 saturated heterocycles. The molecule has 0 radical (unpaired) electrons. The highest BCUT2D eigenvalue weighted by Gasteiger charge is 2.32. The summed E-state index contributed by atoms with van der Waals surface area (Å²) in [6.07, 6.45) is 1.80. The van der Waals surface area contributed by atoms with E-state index in [0.29, 0.717) is 32.0 Å². The molecule has 0 aliphatic carbocycles. The first kappa shape index (κ1) is 26.3. The lowest BCUT2D eigenvalue weighted by Gasteiger charge is -2.25. The highest BCUT2D eigenvalue weighted by molar-refractivity contribution is 7.07. The minimum Gasteiger partial charge on any atom is -0.497 e. The average molecular weight is 566 g/mol. The van der Waals surface area contributed by atoms with Crippen LogP contribution in [0.15, 0.2) is 98.6 Å². The fraction of sp³-hybridized carbons (Fsp3) is 0.161. The number of hydrogen-bond acceptors (Lipinski definition) is 6. The molecular formula is C31H27N5O4S. The number of anilines is 1. The largest absolute Gasteiger partial charge is 0.497 e. The molecule has 2 aromatic heterocycles. The summed E-state index contributed by atoms with van der Waals surface area (Å²) in [4.78, 5) is 45.3. The van der Waals surface area contributed by atoms with Gasteiger partial charge in [-0.1, -0.05) is 47.7 Å². The lowest BCUT2D eigenvalue weighted by Crippen LogP contribution is -2.40. The van der Waals surface area contributed by atoms with Gasteiger partial charge in [0, 0.05) is 19.8 Å². The van der Waals surface area contributed by atoms with Crippen molar-refractivity contribution in [1.82, 2.24) is 13.7 Å². The maximum absolute atomic E-state index is 14.0. The third-order valence-electron chi connectivity index (χ3n) is 7.30. The number of ether oxygens (including phenoxy) is 1. The standard InChI is InChI=1S/C31H27N5O4S/c1-18-26(28(37)33-21-10-6-5-7-11-21)27(20-9-8-12-22(17-20)40-4)36-29(38)25(41-30(36)32-18)16-19-13-14-23-24(15-19)35(3)31(39)34(23)2/h5-17,27H,1-4H3,(H,33,37)/b25-16+/t27-/m0/s1. The van der Waals surface area contributed by atoms with Gasteiger partial charge in [0.15, 0.2) is 4.80 Å². The number of rotatable bonds is 5. The van der Waals surface area contributed by atoms with Gasteiger partial charge in [-0.2, -0.15) is 0 Å². The molecule has 0 bridgehead atoms. The van der Waals surface area contributed by atoms with Crippen LogP contribution in [0.1, 0.15) is 24.1 Å². The van der Waals surface area contributed by atoms with Crippen LogP contribution in [0.3, 0.4) is 0 Å². The van der Waals surface area contributed by atoms with Crippen LogP contribution < -0.4 is 30.6 Å². The van der Waals surface area contributed by atoms with Crippen molar-refractivity contribution in [1.29, 1.82) is 0 Å². The van der Waals surface area contributed by atoms with Crippen LogP contribution in [0.2, 0.25) is 0 Å². The zero-order valence-corrected chi connectivity index (χ0v) is 23.7. The molecule has 1 amide bonds. The molecule has 9 nitrogen and oxygen atoms in total. The number of imidazole rings is 1. The zero-order valence-electron chi connectivity index (χ0n) is 22.9. The first-order valence-electron chi connectivity index (χ1n) is 12.9. The number of nitrogens with one attached hydrogen (secondary N) is 1. The monoisotopic (exact) mass is 565 g/mol. The predicted octanol–water partition coefficient (Wildman–Crippen LogP) is 3.07. The molecule has 0 fully saturated rings. The molecule has 0 unspecified atom stereocenters. The fourth-order valence-corrected chi connectivity index (χ4v) is 6.27. The molecule has 0 spiro atoms. The number of allylic oxidation sites excluding steroid dienone is 1. The van der Waals surface area contributed by atoms with E-state index >= 15 is 0 Å². The molecule has 6 rings (SSSR count). The first-order chi connectivity index (χ1) is 19.8. The fourth-order valence-electron chi connectivity index (χ4n) is 5.22. The van der Waals surface area contributed by atoms with E-state index in [0.717, 1.165) is 22.2 Å². The smallest absolute Gasteiger partial charge is 0.328 e. The van der Waals surface area contributed by atoms with Gasteiger partial charge in [-0.05, 0) is 60.5 Å². The number of fused-ring (bicyclic) bond motifs is 2. The van der Waals surface area contributed by atoms with Crippen LogP contribution in [0.4, 0.5) is 5.69 Å². The predicted molar refractivity (Wildman–Crippen MR) is 160 cm³/mol. The Bertz CT molecular complexity index is 2120. The van der Waals surface area contributed by atoms with Crippen molar-refractivity contribution in [2.45, 2.75) is 13.0 Å². The Morgan fingerprint density at radius 2 is 1.73 bits per heavy atom. The second kappa shape index (κ2) is 10.2. The molecule has 10 heteroatoms. The van der Waals surface area contributed by atoms with Gasteiger partial charge in [0.2, 0.25) is 0 Å². The molecule has 5 aromatic rings. The number of benzene rings is 3. The Morgan fingerprint density at radius 1 is 0.976 bits per heavy atom. The number of thiazole rings is 1. The molecule has 1 aliphatic heterocycles. The summed E-state index contributed by atoms with van der Waals surface area (Å²) in [5, 5.41) is 2.96. The molecule has 1 N–H and O–H groups in total. The van der Waals surface area contributed by atoms with E-state index in [2.05, 4.69) is 5.32 Å². The van der Waals surface area contributed by atoms with E-state index in [-0.39, 0.29) is 17.2 Å². The van der Waals surface area contributed by atoms with Crippen LogP contribution in [-0.4, -0.2) is 26.7 Å². The number of hydrogen-bond donors (Lipinski definition) is 1. The van der Waals surface area contributed by atoms with Gasteiger partial charge < -0.3 is 10.1 Å². The van der Waals surface area contributed by atoms with E-state index in [9.17, 15) is 14.4 Å². The van der Waals surface area contributed by atoms with E-state index in [1.165, 1.54) is 11.3 Å². The van der Waals surface area contributed by atoms with Crippen molar-refractivity contribution >= 4 is 40.0 Å². The highest BCUT2D eigenvalue weighted by Crippen LogP contribution is 2.32. The third kappa shape index (κ3) is 4.52. The maximum Gasteiger partial charge on any atom is 0.328 e. The van der Waals surface area contributed by atoms with Gasteiger partial charge in [0.1, 0.15) is 5.75 Å². The molecular weight excluding hydrogens is 538 g/mol. The average Bonchev–Trinajstić information content (AvgIpc) is 3.39. The normalized spacial score (nSPS) is 15.1. The third-order valence-corrected chi connectivity index (χ3v) is 8.28. The van der Waals surface area contributed by atoms with Crippen LogP contribution in [0.25, 0.3) is 17.1 Å². The van der Waals surface area contributed by atoms with Gasteiger partial charge in [0.05, 0.1) is 40.0 Å². The zero-order chi connectivity index (χ0) is 28.8. The van der Waals surface area contributed by atoms with E-state index in [1.54, 1.807) is 47.9 Å². The number of carbonyl (C=O) groups is 1. The summed E-state index contributed by atoms with van der Waals surface area (Å²) in [7, 11) is 5.03. The molecule has 206 valence electrons. The summed E-state index contributed by atoms with van der Waals surface area (Å²) in [5.41, 5.74) is 4.24. The van der Waals surface area contributed by atoms with Gasteiger partial charge in [-0.3, -0.25) is 23.3 Å². The number of carbonyl (C=O) groups excluding carboxylic acids is 1. The van der Waals surface area contributed by atoms with Gasteiger partial charge in [-0.15, -0.1) is 0 Å². The SMILES string of the molecule is COc1cccc([C@H]2C(C(=O)Nc3ccccc3)=C(C)N=c3s/c(=C/c4ccc5c(c4)n(C)c(=O)n5C)c(=O)n32)c1. The highest BCUT2D eigenvalue weighted by atomic mass is 32.1. The topological polar surface area (TPSA) is 99.6 Å². The second-order valence-corrected chi connectivity index (χ2v) is 10.8. The maximum atomic E-state index is 14.0. The number of aromatic nitrogens is 3. The molecule has 1 atom stereocenters. The van der Waals surface area contributed by atoms with Crippen molar-refractivity contribution in [3.05, 3.63) is 125 Å². The summed E-state index contributed by atoms with van der Waals surface area (Å²) in [5.74, 6) is 0.277. The van der Waals surface area contributed by atoms with Crippen LogP contribution in [-0.2, 0) is 18.9 Å². The second-order valence-electron chi connectivity index (χ2n) is 9.83. The quantitative estimate of drug-likeness (QED) is 0.354. The Kier molecular flexibility index (Phi) is 6.55. The lowest BCUT2D eigenvalue weighted by atomic mass is 9.95. The van der Waals surface area contributed by atoms with Crippen molar-refractivity contribution in [3.63, 3.8) is 0 Å². The summed E-state index contributed by atoms with van der Waals surface area (Å²) < 4.78 is 10.7. The number of nitrogens with zero attached hydrogens (tertiary/aromatic N) is 4. The minimum absolute atomic E-state index is 0.119. The van der Waals surface area contributed by atoms with Crippen molar-refractivity contribution in [2.75, 3.05) is 12.4 Å². The Hall–Kier alpha value is -4.96. The minimum atomic E-state index is -0.718.